The van der Waals surface area contributed by atoms with E-state index in [1.165, 1.54) is 5.56 Å². The molecule has 1 fully saturated rings. The molecule has 0 aliphatic carbocycles. The number of aromatic nitrogens is 2. The minimum absolute atomic E-state index is 0.240. The highest BCUT2D eigenvalue weighted by Gasteiger charge is 2.23. The van der Waals surface area contributed by atoms with E-state index in [4.69, 9.17) is 0 Å². The van der Waals surface area contributed by atoms with Gasteiger partial charge in [-0.15, -0.1) is 0 Å². The van der Waals surface area contributed by atoms with E-state index in [-0.39, 0.29) is 4.90 Å². The van der Waals surface area contributed by atoms with Gasteiger partial charge in [0.25, 0.3) is 10.0 Å². The van der Waals surface area contributed by atoms with Crippen LogP contribution in [0.4, 0.5) is 5.69 Å². The van der Waals surface area contributed by atoms with Crippen LogP contribution in [-0.4, -0.2) is 55.2 Å². The summed E-state index contributed by atoms with van der Waals surface area (Å²) in [6, 6.07) is 24.9. The smallest absolute Gasteiger partial charge is 0.283 e. The molecule has 1 aromatic heterocycles. The standard InChI is InChI=1S/C26H28N4O2S/c31-33(32,23-12-5-2-6-13-23)30-26-15-7-14-25(24(26)21-27-30)29-19-17-28(18-20-29)16-8-11-22-9-3-1-4-10-22/h1-7,9-10,12-15,21H,8,11,16-20H2. The molecular formula is C26H28N4O2S. The van der Waals surface area contributed by atoms with Crippen LogP contribution in [0.15, 0.2) is 90.0 Å². The summed E-state index contributed by atoms with van der Waals surface area (Å²) in [6.45, 7) is 4.94. The Morgan fingerprint density at radius 3 is 2.21 bits per heavy atom. The van der Waals surface area contributed by atoms with Crippen molar-refractivity contribution < 1.29 is 8.42 Å². The average molecular weight is 461 g/mol. The number of anilines is 1. The van der Waals surface area contributed by atoms with E-state index >= 15 is 0 Å². The minimum Gasteiger partial charge on any atom is -0.368 e. The summed E-state index contributed by atoms with van der Waals surface area (Å²) in [4.78, 5) is 5.10. The first-order chi connectivity index (χ1) is 16.1. The first kappa shape index (κ1) is 21.7. The van der Waals surface area contributed by atoms with Crippen molar-refractivity contribution in [1.82, 2.24) is 14.1 Å². The fourth-order valence-electron chi connectivity index (χ4n) is 4.54. The van der Waals surface area contributed by atoms with Crippen molar-refractivity contribution in [2.45, 2.75) is 17.7 Å². The summed E-state index contributed by atoms with van der Waals surface area (Å²) in [5.74, 6) is 0. The molecule has 33 heavy (non-hydrogen) atoms. The van der Waals surface area contributed by atoms with Crippen LogP contribution in [0.25, 0.3) is 10.9 Å². The van der Waals surface area contributed by atoms with Crippen LogP contribution in [-0.2, 0) is 16.4 Å². The summed E-state index contributed by atoms with van der Waals surface area (Å²) in [5, 5.41) is 5.14. The van der Waals surface area contributed by atoms with Crippen molar-refractivity contribution in [2.24, 2.45) is 0 Å². The van der Waals surface area contributed by atoms with Crippen LogP contribution in [0.2, 0.25) is 0 Å². The topological polar surface area (TPSA) is 58.4 Å². The van der Waals surface area contributed by atoms with Gasteiger partial charge in [0.2, 0.25) is 0 Å². The summed E-state index contributed by atoms with van der Waals surface area (Å²) < 4.78 is 27.4. The van der Waals surface area contributed by atoms with Crippen LogP contribution in [0.3, 0.4) is 0 Å². The number of benzene rings is 3. The Morgan fingerprint density at radius 1 is 0.788 bits per heavy atom. The molecule has 0 spiro atoms. The summed E-state index contributed by atoms with van der Waals surface area (Å²) >= 11 is 0. The number of hydrogen-bond acceptors (Lipinski definition) is 5. The average Bonchev–Trinajstić information content (AvgIpc) is 3.31. The van der Waals surface area contributed by atoms with E-state index in [1.54, 1.807) is 36.5 Å². The van der Waals surface area contributed by atoms with E-state index in [2.05, 4.69) is 51.3 Å². The van der Waals surface area contributed by atoms with Crippen molar-refractivity contribution in [3.05, 3.63) is 90.6 Å². The Morgan fingerprint density at radius 2 is 1.48 bits per heavy atom. The zero-order chi connectivity index (χ0) is 22.7. The quantitative estimate of drug-likeness (QED) is 0.417. The maximum atomic E-state index is 13.1. The van der Waals surface area contributed by atoms with Gasteiger partial charge in [0.1, 0.15) is 0 Å². The molecule has 5 rings (SSSR count). The highest BCUT2D eigenvalue weighted by molar-refractivity contribution is 7.90. The number of fused-ring (bicyclic) bond motifs is 1. The molecule has 1 aliphatic heterocycles. The summed E-state index contributed by atoms with van der Waals surface area (Å²) in [6.07, 6.45) is 3.94. The molecule has 2 heterocycles. The van der Waals surface area contributed by atoms with E-state index in [9.17, 15) is 8.42 Å². The third-order valence-electron chi connectivity index (χ3n) is 6.32. The Bertz CT molecular complexity index is 1310. The number of aryl methyl sites for hydroxylation is 1. The van der Waals surface area contributed by atoms with E-state index in [0.29, 0.717) is 5.52 Å². The van der Waals surface area contributed by atoms with Crippen molar-refractivity contribution in [1.29, 1.82) is 0 Å². The second-order valence-corrected chi connectivity index (χ2v) is 10.2. The highest BCUT2D eigenvalue weighted by Crippen LogP contribution is 2.29. The minimum atomic E-state index is -3.73. The molecule has 4 aromatic rings. The molecule has 0 atom stereocenters. The number of piperazine rings is 1. The lowest BCUT2D eigenvalue weighted by Gasteiger charge is -2.36. The lowest BCUT2D eigenvalue weighted by atomic mass is 10.1. The second kappa shape index (κ2) is 9.37. The fraction of sp³-hybridized carbons (Fsp3) is 0.269. The molecule has 0 N–H and O–H groups in total. The Kier molecular flexibility index (Phi) is 6.15. The van der Waals surface area contributed by atoms with Crippen molar-refractivity contribution >= 4 is 26.6 Å². The maximum Gasteiger partial charge on any atom is 0.283 e. The number of hydrogen-bond donors (Lipinski definition) is 0. The van der Waals surface area contributed by atoms with Gasteiger partial charge in [-0.05, 0) is 49.2 Å². The molecule has 3 aromatic carbocycles. The largest absolute Gasteiger partial charge is 0.368 e. The Balaban J connectivity index is 1.28. The molecule has 0 radical (unpaired) electrons. The van der Waals surface area contributed by atoms with Crippen LogP contribution < -0.4 is 4.90 Å². The van der Waals surface area contributed by atoms with E-state index in [0.717, 1.165) is 60.7 Å². The molecule has 0 amide bonds. The molecule has 1 aliphatic rings. The van der Waals surface area contributed by atoms with Gasteiger partial charge in [0, 0.05) is 37.3 Å². The first-order valence-electron chi connectivity index (χ1n) is 11.4. The lowest BCUT2D eigenvalue weighted by Crippen LogP contribution is -2.46. The number of rotatable bonds is 7. The third kappa shape index (κ3) is 4.51. The first-order valence-corrected chi connectivity index (χ1v) is 12.9. The summed E-state index contributed by atoms with van der Waals surface area (Å²) in [5.41, 5.74) is 3.05. The zero-order valence-electron chi connectivity index (χ0n) is 18.5. The Labute approximate surface area is 195 Å². The van der Waals surface area contributed by atoms with Gasteiger partial charge in [0.05, 0.1) is 16.6 Å². The van der Waals surface area contributed by atoms with Crippen molar-refractivity contribution in [3.8, 4) is 0 Å². The summed E-state index contributed by atoms with van der Waals surface area (Å²) in [7, 11) is -3.73. The SMILES string of the molecule is O=S(=O)(c1ccccc1)n1ncc2c(N3CCN(CCCc4ccccc4)CC3)cccc21. The number of nitrogens with zero attached hydrogens (tertiary/aromatic N) is 4. The van der Waals surface area contributed by atoms with E-state index in [1.807, 2.05) is 12.1 Å². The fourth-order valence-corrected chi connectivity index (χ4v) is 5.83. The second-order valence-electron chi connectivity index (χ2n) is 8.43. The highest BCUT2D eigenvalue weighted by atomic mass is 32.2. The van der Waals surface area contributed by atoms with Crippen molar-refractivity contribution in [3.63, 3.8) is 0 Å². The van der Waals surface area contributed by atoms with Gasteiger partial charge in [-0.25, -0.2) is 0 Å². The maximum absolute atomic E-state index is 13.1. The third-order valence-corrected chi connectivity index (χ3v) is 7.94. The van der Waals surface area contributed by atoms with Gasteiger partial charge in [-0.2, -0.15) is 17.6 Å². The normalized spacial score (nSPS) is 15.2. The molecule has 0 bridgehead atoms. The lowest BCUT2D eigenvalue weighted by molar-refractivity contribution is 0.255. The molecule has 6 nitrogen and oxygen atoms in total. The zero-order valence-corrected chi connectivity index (χ0v) is 19.4. The van der Waals surface area contributed by atoms with Gasteiger partial charge >= 0.3 is 0 Å². The molecule has 7 heteroatoms. The molecule has 170 valence electrons. The van der Waals surface area contributed by atoms with Gasteiger partial charge in [-0.3, -0.25) is 4.90 Å². The molecule has 0 saturated carbocycles. The van der Waals surface area contributed by atoms with Gasteiger partial charge in [0.15, 0.2) is 0 Å². The predicted octanol–water partition coefficient (Wildman–Crippen LogP) is 4.03. The van der Waals surface area contributed by atoms with Crippen LogP contribution in [0.1, 0.15) is 12.0 Å². The van der Waals surface area contributed by atoms with Gasteiger partial charge < -0.3 is 4.90 Å². The van der Waals surface area contributed by atoms with Crippen LogP contribution in [0.5, 0.6) is 0 Å². The molecular weight excluding hydrogens is 432 g/mol. The predicted molar refractivity (Wildman–Crippen MR) is 132 cm³/mol. The molecule has 1 saturated heterocycles. The van der Waals surface area contributed by atoms with Crippen LogP contribution >= 0.6 is 0 Å². The van der Waals surface area contributed by atoms with E-state index < -0.39 is 10.0 Å². The molecule has 0 unspecified atom stereocenters. The monoisotopic (exact) mass is 460 g/mol. The van der Waals surface area contributed by atoms with Crippen molar-refractivity contribution in [2.75, 3.05) is 37.6 Å². The van der Waals surface area contributed by atoms with Crippen LogP contribution in [0, 0.1) is 0 Å². The van der Waals surface area contributed by atoms with Gasteiger partial charge in [-0.1, -0.05) is 54.6 Å². The Hall–Kier alpha value is -3.16.